The third-order valence-electron chi connectivity index (χ3n) is 5.16. The molecule has 2 aliphatic rings. The molecule has 3 rings (SSSR count). The van der Waals surface area contributed by atoms with E-state index in [4.69, 9.17) is 4.42 Å². The summed E-state index contributed by atoms with van der Waals surface area (Å²) in [7, 11) is 0. The van der Waals surface area contributed by atoms with Gasteiger partial charge in [-0.05, 0) is 50.8 Å². The van der Waals surface area contributed by atoms with Crippen LogP contribution in [0.3, 0.4) is 0 Å². The zero-order chi connectivity index (χ0) is 16.1. The maximum absolute atomic E-state index is 10.2. The van der Waals surface area contributed by atoms with E-state index in [0.29, 0.717) is 12.8 Å². The van der Waals surface area contributed by atoms with Crippen molar-refractivity contribution in [2.75, 3.05) is 19.7 Å². The van der Waals surface area contributed by atoms with Gasteiger partial charge >= 0.3 is 0 Å². The third-order valence-corrected chi connectivity index (χ3v) is 6.41. The molecule has 1 aromatic heterocycles. The molecule has 1 saturated carbocycles. The molecular formula is C18H29NO3S. The fourth-order valence-electron chi connectivity index (χ4n) is 3.63. The van der Waals surface area contributed by atoms with Crippen LogP contribution in [0.15, 0.2) is 21.6 Å². The molecule has 1 aromatic rings. The van der Waals surface area contributed by atoms with E-state index in [2.05, 4.69) is 17.0 Å². The van der Waals surface area contributed by atoms with E-state index < -0.39 is 5.60 Å². The van der Waals surface area contributed by atoms with Gasteiger partial charge in [-0.3, -0.25) is 4.90 Å². The lowest BCUT2D eigenvalue weighted by molar-refractivity contribution is -0.0256. The number of hydrogen-bond donors (Lipinski definition) is 2. The quantitative estimate of drug-likeness (QED) is 0.861. The molecule has 0 bridgehead atoms. The average Bonchev–Trinajstić information content (AvgIpc) is 2.91. The molecule has 0 aromatic carbocycles. The van der Waals surface area contributed by atoms with Crippen LogP contribution in [0.25, 0.3) is 0 Å². The molecule has 2 fully saturated rings. The summed E-state index contributed by atoms with van der Waals surface area (Å²) < 4.78 is 6.02. The zero-order valence-corrected chi connectivity index (χ0v) is 14.7. The van der Waals surface area contributed by atoms with Crippen LogP contribution in [0, 0.1) is 0 Å². The van der Waals surface area contributed by atoms with Gasteiger partial charge in [-0.2, -0.15) is 0 Å². The minimum absolute atomic E-state index is 0.135. The summed E-state index contributed by atoms with van der Waals surface area (Å²) in [6, 6.07) is 4.20. The molecule has 0 unspecified atom stereocenters. The van der Waals surface area contributed by atoms with E-state index in [1.165, 1.54) is 32.1 Å². The first-order chi connectivity index (χ1) is 11.2. The number of aliphatic hydroxyl groups is 2. The topological polar surface area (TPSA) is 56.8 Å². The standard InChI is InChI=1S/C18H29NO3S/c20-14-18(21)9-4-11-19(12-10-18)13-15-7-8-17(22-15)23-16-5-2-1-3-6-16/h7-8,16,20-21H,1-6,9-14H2/t18-/m0/s1. The lowest BCUT2D eigenvalue weighted by atomic mass is 9.96. The molecule has 1 aliphatic heterocycles. The van der Waals surface area contributed by atoms with Gasteiger partial charge in [0.15, 0.2) is 5.09 Å². The Morgan fingerprint density at radius 2 is 1.96 bits per heavy atom. The van der Waals surface area contributed by atoms with E-state index in [9.17, 15) is 10.2 Å². The lowest BCUT2D eigenvalue weighted by Gasteiger charge is -2.24. The smallest absolute Gasteiger partial charge is 0.160 e. The Kier molecular flexibility index (Phi) is 6.07. The maximum atomic E-state index is 10.2. The molecule has 0 amide bonds. The van der Waals surface area contributed by atoms with Gasteiger partial charge in [-0.15, -0.1) is 0 Å². The summed E-state index contributed by atoms with van der Waals surface area (Å²) in [5, 5.41) is 21.3. The van der Waals surface area contributed by atoms with Gasteiger partial charge in [0, 0.05) is 11.8 Å². The van der Waals surface area contributed by atoms with Crippen molar-refractivity contribution in [1.29, 1.82) is 0 Å². The van der Waals surface area contributed by atoms with Gasteiger partial charge < -0.3 is 14.6 Å². The highest BCUT2D eigenvalue weighted by Gasteiger charge is 2.29. The van der Waals surface area contributed by atoms with Crippen molar-refractivity contribution in [1.82, 2.24) is 4.90 Å². The number of aliphatic hydroxyl groups excluding tert-OH is 1. The summed E-state index contributed by atoms with van der Waals surface area (Å²) in [4.78, 5) is 2.32. The Balaban J connectivity index is 1.50. The van der Waals surface area contributed by atoms with E-state index in [0.717, 1.165) is 42.2 Å². The summed E-state index contributed by atoms with van der Waals surface area (Å²) >= 11 is 1.90. The number of nitrogens with zero attached hydrogens (tertiary/aromatic N) is 1. The van der Waals surface area contributed by atoms with Gasteiger partial charge in [-0.25, -0.2) is 0 Å². The molecule has 2 N–H and O–H groups in total. The summed E-state index contributed by atoms with van der Waals surface area (Å²) in [6.45, 7) is 2.42. The largest absolute Gasteiger partial charge is 0.454 e. The van der Waals surface area contributed by atoms with E-state index in [-0.39, 0.29) is 6.61 Å². The highest BCUT2D eigenvalue weighted by molar-refractivity contribution is 7.99. The number of likely N-dealkylation sites (tertiary alicyclic amines) is 1. The van der Waals surface area contributed by atoms with Gasteiger partial charge in [0.05, 0.1) is 18.8 Å². The molecule has 5 heteroatoms. The lowest BCUT2D eigenvalue weighted by Crippen LogP contribution is -2.34. The van der Waals surface area contributed by atoms with Crippen LogP contribution >= 0.6 is 11.8 Å². The molecule has 0 radical (unpaired) electrons. The molecule has 23 heavy (non-hydrogen) atoms. The first-order valence-corrected chi connectivity index (χ1v) is 9.86. The maximum Gasteiger partial charge on any atom is 0.160 e. The van der Waals surface area contributed by atoms with Gasteiger partial charge in [0.25, 0.3) is 0 Å². The Labute approximate surface area is 143 Å². The molecule has 1 atom stereocenters. The van der Waals surface area contributed by atoms with Crippen LogP contribution in [0.1, 0.15) is 57.1 Å². The number of hydrogen-bond acceptors (Lipinski definition) is 5. The van der Waals surface area contributed by atoms with Crippen LogP contribution in [-0.2, 0) is 6.54 Å². The Bertz CT molecular complexity index is 486. The Hall–Kier alpha value is -0.490. The first-order valence-electron chi connectivity index (χ1n) is 8.98. The second-order valence-electron chi connectivity index (χ2n) is 7.11. The normalized spacial score (nSPS) is 27.9. The third kappa shape index (κ3) is 4.99. The van der Waals surface area contributed by atoms with Crippen molar-refractivity contribution < 1.29 is 14.6 Å². The molecule has 130 valence electrons. The van der Waals surface area contributed by atoms with Crippen molar-refractivity contribution in [3.05, 3.63) is 17.9 Å². The minimum Gasteiger partial charge on any atom is -0.454 e. The molecule has 1 aliphatic carbocycles. The van der Waals surface area contributed by atoms with E-state index in [1.54, 1.807) is 0 Å². The van der Waals surface area contributed by atoms with Crippen LogP contribution in [0.2, 0.25) is 0 Å². The highest BCUT2D eigenvalue weighted by Crippen LogP contribution is 2.34. The first kappa shape index (κ1) is 17.3. The fraction of sp³-hybridized carbons (Fsp3) is 0.778. The van der Waals surface area contributed by atoms with Gasteiger partial charge in [-0.1, -0.05) is 31.0 Å². The van der Waals surface area contributed by atoms with Crippen molar-refractivity contribution in [3.8, 4) is 0 Å². The predicted molar refractivity (Wildman–Crippen MR) is 92.6 cm³/mol. The van der Waals surface area contributed by atoms with Crippen molar-refractivity contribution >= 4 is 11.8 Å². The summed E-state index contributed by atoms with van der Waals surface area (Å²) in [5.74, 6) is 1.01. The molecule has 4 nitrogen and oxygen atoms in total. The molecular weight excluding hydrogens is 310 g/mol. The van der Waals surface area contributed by atoms with Crippen molar-refractivity contribution in [2.45, 2.75) is 73.9 Å². The number of furan rings is 1. The fourth-order valence-corrected chi connectivity index (χ4v) is 4.82. The number of rotatable bonds is 5. The Morgan fingerprint density at radius 3 is 2.74 bits per heavy atom. The van der Waals surface area contributed by atoms with E-state index >= 15 is 0 Å². The SMILES string of the molecule is OC[C@]1(O)CCCN(Cc2ccc(SC3CCCCC3)o2)CC1. The molecule has 0 spiro atoms. The van der Waals surface area contributed by atoms with Crippen molar-refractivity contribution in [2.24, 2.45) is 0 Å². The Morgan fingerprint density at radius 1 is 1.13 bits per heavy atom. The van der Waals surface area contributed by atoms with Crippen molar-refractivity contribution in [3.63, 3.8) is 0 Å². The summed E-state index contributed by atoms with van der Waals surface area (Å²) in [5.41, 5.74) is -0.889. The minimum atomic E-state index is -0.889. The van der Waals surface area contributed by atoms with Crippen LogP contribution in [-0.4, -0.2) is 45.7 Å². The monoisotopic (exact) mass is 339 g/mol. The molecule has 2 heterocycles. The van der Waals surface area contributed by atoms with Crippen LogP contribution in [0.5, 0.6) is 0 Å². The van der Waals surface area contributed by atoms with Crippen LogP contribution < -0.4 is 0 Å². The van der Waals surface area contributed by atoms with E-state index in [1.807, 2.05) is 11.8 Å². The average molecular weight is 340 g/mol. The molecule has 1 saturated heterocycles. The second-order valence-corrected chi connectivity index (χ2v) is 8.42. The highest BCUT2D eigenvalue weighted by atomic mass is 32.2. The van der Waals surface area contributed by atoms with Crippen LogP contribution in [0.4, 0.5) is 0 Å². The van der Waals surface area contributed by atoms with Gasteiger partial charge in [0.2, 0.25) is 0 Å². The van der Waals surface area contributed by atoms with Gasteiger partial charge in [0.1, 0.15) is 5.76 Å². The predicted octanol–water partition coefficient (Wildman–Crippen LogP) is 3.41. The summed E-state index contributed by atoms with van der Waals surface area (Å²) in [6.07, 6.45) is 8.95. The second kappa shape index (κ2) is 8.06. The zero-order valence-electron chi connectivity index (χ0n) is 13.9. The number of thioether (sulfide) groups is 1.